The van der Waals surface area contributed by atoms with Gasteiger partial charge in [0.05, 0.1) is 10.4 Å². The van der Waals surface area contributed by atoms with Crippen LogP contribution in [0.1, 0.15) is 30.3 Å². The maximum Gasteiger partial charge on any atom is 0.270 e. The smallest absolute Gasteiger partial charge is 0.270 e. The second kappa shape index (κ2) is 6.84. The lowest BCUT2D eigenvalue weighted by Gasteiger charge is -2.33. The normalized spacial score (nSPS) is 15.3. The molecule has 1 aliphatic heterocycles. The first-order chi connectivity index (χ1) is 14.1. The second-order valence-electron chi connectivity index (χ2n) is 7.52. The SMILES string of the molecule is Cc1cc(N2CCC(c3nc4ccccc4o3)CC2)c2cc([N+](=O)[O-])ccc2n1. The average molecular weight is 388 g/mol. The van der Waals surface area contributed by atoms with Gasteiger partial charge >= 0.3 is 0 Å². The molecule has 7 heteroatoms. The highest BCUT2D eigenvalue weighted by Crippen LogP contribution is 2.35. The lowest BCUT2D eigenvalue weighted by molar-refractivity contribution is -0.384. The van der Waals surface area contributed by atoms with Gasteiger partial charge in [0.15, 0.2) is 11.5 Å². The predicted molar refractivity (Wildman–Crippen MR) is 111 cm³/mol. The van der Waals surface area contributed by atoms with E-state index in [9.17, 15) is 10.1 Å². The van der Waals surface area contributed by atoms with E-state index >= 15 is 0 Å². The molecule has 0 atom stereocenters. The molecule has 5 rings (SSSR count). The molecule has 1 saturated heterocycles. The van der Waals surface area contributed by atoms with Crippen molar-refractivity contribution in [2.24, 2.45) is 0 Å². The van der Waals surface area contributed by atoms with Crippen LogP contribution in [-0.2, 0) is 0 Å². The van der Waals surface area contributed by atoms with Crippen LogP contribution in [0.4, 0.5) is 11.4 Å². The highest BCUT2D eigenvalue weighted by Gasteiger charge is 2.26. The minimum Gasteiger partial charge on any atom is -0.440 e. The molecule has 0 amide bonds. The Morgan fingerprint density at radius 1 is 1.07 bits per heavy atom. The first kappa shape index (κ1) is 17.6. The van der Waals surface area contributed by atoms with Crippen LogP contribution < -0.4 is 4.90 Å². The Kier molecular flexibility index (Phi) is 4.16. The number of para-hydroxylation sites is 2. The van der Waals surface area contributed by atoms with E-state index in [0.29, 0.717) is 0 Å². The number of aryl methyl sites for hydroxylation is 1. The monoisotopic (exact) mass is 388 g/mol. The molecule has 146 valence electrons. The highest BCUT2D eigenvalue weighted by molar-refractivity contribution is 5.93. The first-order valence-electron chi connectivity index (χ1n) is 9.75. The summed E-state index contributed by atoms with van der Waals surface area (Å²) < 4.78 is 5.97. The third-order valence-electron chi connectivity index (χ3n) is 5.60. The van der Waals surface area contributed by atoms with Crippen LogP contribution >= 0.6 is 0 Å². The molecule has 0 unspecified atom stereocenters. The molecule has 0 N–H and O–H groups in total. The van der Waals surface area contributed by atoms with E-state index in [2.05, 4.69) is 14.9 Å². The number of rotatable bonds is 3. The number of hydrogen-bond acceptors (Lipinski definition) is 6. The summed E-state index contributed by atoms with van der Waals surface area (Å²) in [5.74, 6) is 1.08. The summed E-state index contributed by atoms with van der Waals surface area (Å²) in [4.78, 5) is 22.4. The van der Waals surface area contributed by atoms with Crippen molar-refractivity contribution in [2.75, 3.05) is 18.0 Å². The van der Waals surface area contributed by atoms with Crippen molar-refractivity contribution in [1.82, 2.24) is 9.97 Å². The lowest BCUT2D eigenvalue weighted by Crippen LogP contribution is -2.33. The van der Waals surface area contributed by atoms with Crippen molar-refractivity contribution in [3.05, 3.63) is 70.2 Å². The first-order valence-corrected chi connectivity index (χ1v) is 9.75. The van der Waals surface area contributed by atoms with Crippen LogP contribution in [0.25, 0.3) is 22.0 Å². The molecule has 0 bridgehead atoms. The van der Waals surface area contributed by atoms with Gasteiger partial charge < -0.3 is 9.32 Å². The summed E-state index contributed by atoms with van der Waals surface area (Å²) in [5.41, 5.74) is 4.51. The van der Waals surface area contributed by atoms with E-state index in [4.69, 9.17) is 4.42 Å². The number of fused-ring (bicyclic) bond motifs is 2. The van der Waals surface area contributed by atoms with Crippen molar-refractivity contribution in [3.63, 3.8) is 0 Å². The molecule has 4 aromatic rings. The van der Waals surface area contributed by atoms with Gasteiger partial charge in [-0.3, -0.25) is 15.1 Å². The number of nitro benzene ring substituents is 1. The second-order valence-corrected chi connectivity index (χ2v) is 7.52. The van der Waals surface area contributed by atoms with Gasteiger partial charge in [-0.25, -0.2) is 4.98 Å². The average Bonchev–Trinajstić information content (AvgIpc) is 3.17. The van der Waals surface area contributed by atoms with Crippen molar-refractivity contribution in [2.45, 2.75) is 25.7 Å². The van der Waals surface area contributed by atoms with Gasteiger partial charge in [0.2, 0.25) is 0 Å². The summed E-state index contributed by atoms with van der Waals surface area (Å²) in [6.45, 7) is 3.63. The van der Waals surface area contributed by atoms with Gasteiger partial charge in [-0.2, -0.15) is 0 Å². The van der Waals surface area contributed by atoms with Crippen LogP contribution in [0, 0.1) is 17.0 Å². The van der Waals surface area contributed by atoms with Crippen molar-refractivity contribution >= 4 is 33.4 Å². The fraction of sp³-hybridized carbons (Fsp3) is 0.273. The maximum atomic E-state index is 11.2. The molecular weight excluding hydrogens is 368 g/mol. The minimum absolute atomic E-state index is 0.0887. The Hall–Kier alpha value is -3.48. The van der Waals surface area contributed by atoms with E-state index in [1.165, 1.54) is 6.07 Å². The topological polar surface area (TPSA) is 85.3 Å². The quantitative estimate of drug-likeness (QED) is 0.364. The number of anilines is 1. The van der Waals surface area contributed by atoms with E-state index in [1.807, 2.05) is 37.3 Å². The lowest BCUT2D eigenvalue weighted by atomic mass is 9.96. The number of benzene rings is 2. The molecule has 3 heterocycles. The number of hydrogen-bond donors (Lipinski definition) is 0. The van der Waals surface area contributed by atoms with Gasteiger partial charge in [-0.05, 0) is 44.0 Å². The van der Waals surface area contributed by atoms with E-state index < -0.39 is 0 Å². The molecule has 7 nitrogen and oxygen atoms in total. The van der Waals surface area contributed by atoms with Crippen LogP contribution in [0.5, 0.6) is 0 Å². The number of aromatic nitrogens is 2. The molecule has 0 saturated carbocycles. The van der Waals surface area contributed by atoms with Crippen LogP contribution in [0.3, 0.4) is 0 Å². The number of nitrogens with zero attached hydrogens (tertiary/aromatic N) is 4. The zero-order valence-corrected chi connectivity index (χ0v) is 16.0. The molecule has 0 radical (unpaired) electrons. The summed E-state index contributed by atoms with van der Waals surface area (Å²) in [6, 6.07) is 14.7. The Bertz CT molecular complexity index is 1190. The zero-order valence-electron chi connectivity index (χ0n) is 16.0. The standard InChI is InChI=1S/C22H20N4O3/c1-14-12-20(17-13-16(26(27)28)6-7-18(17)23-14)25-10-8-15(9-11-25)22-24-19-4-2-3-5-21(19)29-22/h2-7,12-13,15H,8-11H2,1H3. The van der Waals surface area contributed by atoms with Gasteiger partial charge in [-0.1, -0.05) is 12.1 Å². The summed E-state index contributed by atoms with van der Waals surface area (Å²) >= 11 is 0. The van der Waals surface area contributed by atoms with Crippen molar-refractivity contribution in [3.8, 4) is 0 Å². The molecule has 1 fully saturated rings. The molecule has 2 aromatic heterocycles. The number of piperidine rings is 1. The Morgan fingerprint density at radius 2 is 1.86 bits per heavy atom. The van der Waals surface area contributed by atoms with Crippen molar-refractivity contribution < 1.29 is 9.34 Å². The highest BCUT2D eigenvalue weighted by atomic mass is 16.6. The fourth-order valence-electron chi connectivity index (χ4n) is 4.13. The number of oxazole rings is 1. The fourth-order valence-corrected chi connectivity index (χ4v) is 4.13. The molecule has 29 heavy (non-hydrogen) atoms. The van der Waals surface area contributed by atoms with Crippen LogP contribution in [0.2, 0.25) is 0 Å². The van der Waals surface area contributed by atoms with Crippen LogP contribution in [-0.4, -0.2) is 28.0 Å². The maximum absolute atomic E-state index is 11.2. The zero-order chi connectivity index (χ0) is 20.0. The number of pyridine rings is 1. The summed E-state index contributed by atoms with van der Waals surface area (Å²) in [5, 5.41) is 12.1. The molecule has 0 aliphatic carbocycles. The van der Waals surface area contributed by atoms with Crippen LogP contribution in [0.15, 0.2) is 52.9 Å². The Morgan fingerprint density at radius 3 is 2.62 bits per heavy atom. The van der Waals surface area contributed by atoms with Gasteiger partial charge in [-0.15, -0.1) is 0 Å². The van der Waals surface area contributed by atoms with E-state index in [0.717, 1.165) is 65.2 Å². The summed E-state index contributed by atoms with van der Waals surface area (Å²) in [6.07, 6.45) is 1.84. The molecule has 0 spiro atoms. The minimum atomic E-state index is -0.359. The van der Waals surface area contributed by atoms with Gasteiger partial charge in [0.1, 0.15) is 5.52 Å². The Labute approximate surface area is 167 Å². The largest absolute Gasteiger partial charge is 0.440 e. The molecule has 2 aromatic carbocycles. The molecular formula is C22H20N4O3. The Balaban J connectivity index is 1.43. The predicted octanol–water partition coefficient (Wildman–Crippen LogP) is 4.98. The number of nitro groups is 1. The molecule has 1 aliphatic rings. The van der Waals surface area contributed by atoms with Gasteiger partial charge in [0.25, 0.3) is 5.69 Å². The summed E-state index contributed by atoms with van der Waals surface area (Å²) in [7, 11) is 0. The number of non-ortho nitro benzene ring substituents is 1. The van der Waals surface area contributed by atoms with E-state index in [-0.39, 0.29) is 16.5 Å². The van der Waals surface area contributed by atoms with Gasteiger partial charge in [0, 0.05) is 47.9 Å². The van der Waals surface area contributed by atoms with Crippen molar-refractivity contribution in [1.29, 1.82) is 0 Å². The third kappa shape index (κ3) is 3.18. The third-order valence-corrected chi connectivity index (χ3v) is 5.60. The van der Waals surface area contributed by atoms with E-state index in [1.54, 1.807) is 12.1 Å².